The minimum Gasteiger partial charge on any atom is -0.480 e. The van der Waals surface area contributed by atoms with Gasteiger partial charge in [0.2, 0.25) is 0 Å². The molecule has 0 bridgehead atoms. The highest BCUT2D eigenvalue weighted by Gasteiger charge is 2.31. The number of carbonyl (C=O) groups is 4. The molecular formula is C33H46N6O7S. The predicted octanol–water partition coefficient (Wildman–Crippen LogP) is 3.13. The number of aryl methyl sites for hydroxylation is 1. The highest BCUT2D eigenvalue weighted by molar-refractivity contribution is 8.32. The van der Waals surface area contributed by atoms with Crippen LogP contribution in [0.3, 0.4) is 0 Å². The van der Waals surface area contributed by atoms with Crippen LogP contribution in [0.15, 0.2) is 51.5 Å². The Kier molecular flexibility index (Phi) is 13.1. The van der Waals surface area contributed by atoms with Crippen LogP contribution in [-0.4, -0.2) is 105 Å². The van der Waals surface area contributed by atoms with Crippen LogP contribution < -0.4 is 10.9 Å². The summed E-state index contributed by atoms with van der Waals surface area (Å²) in [5.41, 5.74) is 9.92. The van der Waals surface area contributed by atoms with Crippen LogP contribution in [0.1, 0.15) is 54.5 Å². The topological polar surface area (TPSA) is 184 Å². The molecule has 14 heteroatoms. The zero-order valence-corrected chi connectivity index (χ0v) is 28.7. The Morgan fingerprint density at radius 3 is 1.60 bits per heavy atom. The van der Waals surface area contributed by atoms with Crippen LogP contribution in [0, 0.1) is 12.8 Å². The fourth-order valence-electron chi connectivity index (χ4n) is 5.04. The Bertz CT molecular complexity index is 1530. The molecule has 1 fully saturated rings. The first kappa shape index (κ1) is 37.2. The van der Waals surface area contributed by atoms with Crippen molar-refractivity contribution in [1.29, 1.82) is 0 Å². The lowest BCUT2D eigenvalue weighted by Gasteiger charge is -2.28. The van der Waals surface area contributed by atoms with E-state index in [-0.39, 0.29) is 31.3 Å². The van der Waals surface area contributed by atoms with E-state index in [0.717, 1.165) is 40.0 Å². The maximum Gasteiger partial charge on any atom is 0.317 e. The van der Waals surface area contributed by atoms with Gasteiger partial charge in [-0.3, -0.25) is 39.8 Å². The van der Waals surface area contributed by atoms with Crippen molar-refractivity contribution in [2.75, 3.05) is 44.9 Å². The van der Waals surface area contributed by atoms with Crippen LogP contribution in [0.4, 0.5) is 0 Å². The minimum atomic E-state index is -1.18. The molecule has 0 saturated heterocycles. The lowest BCUT2D eigenvalue weighted by atomic mass is 10.0. The molecule has 4 rings (SSSR count). The van der Waals surface area contributed by atoms with Gasteiger partial charge < -0.3 is 15.3 Å². The van der Waals surface area contributed by atoms with Gasteiger partial charge in [0.25, 0.3) is 0 Å². The number of amidine groups is 2. The number of hydrogen-bond acceptors (Lipinski definition) is 10. The van der Waals surface area contributed by atoms with Crippen molar-refractivity contribution in [2.24, 2.45) is 16.1 Å². The predicted molar refractivity (Wildman–Crippen MR) is 183 cm³/mol. The van der Waals surface area contributed by atoms with Crippen molar-refractivity contribution in [3.8, 4) is 0 Å². The fourth-order valence-corrected chi connectivity index (χ4v) is 6.02. The summed E-state index contributed by atoms with van der Waals surface area (Å²) in [4.78, 5) is 50.7. The Balaban J connectivity index is 0.00000294. The molecule has 0 aromatic heterocycles. The lowest BCUT2D eigenvalue weighted by Crippen LogP contribution is -2.36. The number of Topliss-reactive ketones (excluding diaryl/α,β-unsaturated/α-hetero) is 1. The summed E-state index contributed by atoms with van der Waals surface area (Å²) in [6.45, 7) is 5.33. The summed E-state index contributed by atoms with van der Waals surface area (Å²) in [7, 11) is -1.18. The molecule has 47 heavy (non-hydrogen) atoms. The minimum absolute atomic E-state index is 0.0408. The number of nitrogens with zero attached hydrogens (tertiary/aromatic N) is 4. The summed E-state index contributed by atoms with van der Waals surface area (Å²) < 4.78 is 0. The van der Waals surface area contributed by atoms with Gasteiger partial charge in [0, 0.05) is 30.1 Å². The van der Waals surface area contributed by atoms with Gasteiger partial charge in [0.1, 0.15) is 5.78 Å². The number of hydrogen-bond donors (Lipinski definition) is 5. The van der Waals surface area contributed by atoms with Crippen LogP contribution in [-0.2, 0) is 32.3 Å². The molecule has 0 spiro atoms. The van der Waals surface area contributed by atoms with E-state index in [1.165, 1.54) is 4.90 Å². The van der Waals surface area contributed by atoms with Crippen molar-refractivity contribution in [2.45, 2.75) is 51.6 Å². The number of carbonyl (C=O) groups excluding carboxylic acids is 1. The van der Waals surface area contributed by atoms with Crippen LogP contribution >= 0.6 is 10.0 Å². The molecule has 0 unspecified atom stereocenters. The summed E-state index contributed by atoms with van der Waals surface area (Å²) in [6, 6.07) is 11.6. The Hall–Kier alpha value is -4.27. The molecule has 2 aliphatic rings. The van der Waals surface area contributed by atoms with Crippen molar-refractivity contribution >= 4 is 45.4 Å². The molecule has 2 aromatic rings. The molecule has 2 aromatic carbocycles. The highest BCUT2D eigenvalue weighted by atomic mass is 32.3. The first-order chi connectivity index (χ1) is 22.2. The van der Waals surface area contributed by atoms with Crippen molar-refractivity contribution in [3.63, 3.8) is 0 Å². The number of nitrogens with one attached hydrogen (secondary N) is 2. The number of carboxylic acid groups (broad SMARTS) is 3. The molecule has 5 N–H and O–H groups in total. The van der Waals surface area contributed by atoms with Gasteiger partial charge in [-0.1, -0.05) is 25.5 Å². The fraction of sp³-hybridized carbons (Fsp3) is 0.455. The molecule has 1 saturated carbocycles. The van der Waals surface area contributed by atoms with E-state index in [2.05, 4.69) is 45.9 Å². The zero-order valence-electron chi connectivity index (χ0n) is 27.9. The second-order valence-corrected chi connectivity index (χ2v) is 16.4. The Morgan fingerprint density at radius 2 is 1.17 bits per heavy atom. The van der Waals surface area contributed by atoms with E-state index < -0.39 is 41.0 Å². The van der Waals surface area contributed by atoms with Gasteiger partial charge in [0.15, 0.2) is 11.7 Å². The lowest BCUT2D eigenvalue weighted by molar-refractivity contribution is -0.142. The number of ketones is 1. The number of rotatable bonds is 16. The summed E-state index contributed by atoms with van der Waals surface area (Å²) >= 11 is 0. The average molecular weight is 671 g/mol. The Morgan fingerprint density at radius 1 is 0.723 bits per heavy atom. The number of carboxylic acids is 3. The molecule has 0 atom stereocenters. The smallest absolute Gasteiger partial charge is 0.317 e. The average Bonchev–Trinajstić information content (AvgIpc) is 3.82. The standard InChI is InChI=1S/C31H40N6O7S.C2H6/c1-19-7-20(13-37(17-28(41)42)18-29(43)44)9-23(8-19)30-32-34-31(35-33-30)24-10-21(11-25(12-24)45(2,3)4)14-36(16-27(39)40)15-26(38)22-5-6-22;1-2/h7-12,22H,5-6,13-18H2,1-4H3,(H,32,33)(H,34,35)(H,39,40)(H,41,42)(H,43,44);1-2H3. The van der Waals surface area contributed by atoms with Gasteiger partial charge in [0.05, 0.1) is 26.2 Å². The largest absolute Gasteiger partial charge is 0.480 e. The first-order valence-corrected chi connectivity index (χ1v) is 18.3. The van der Waals surface area contributed by atoms with Gasteiger partial charge in [-0.2, -0.15) is 10.2 Å². The SMILES string of the molecule is CC.Cc1cc(CN(CC(=O)O)CC(=O)O)cc(C2=NNC(c3cc(CN(CC(=O)O)CC(=O)C4CC4)cc(S(C)(C)C)c3)=NN2)c1. The van der Waals surface area contributed by atoms with Crippen LogP contribution in [0.5, 0.6) is 0 Å². The molecule has 0 amide bonds. The van der Waals surface area contributed by atoms with Gasteiger partial charge in [-0.25, -0.2) is 10.0 Å². The molecular weight excluding hydrogens is 624 g/mol. The van der Waals surface area contributed by atoms with E-state index in [4.69, 9.17) is 0 Å². The molecule has 13 nitrogen and oxygen atoms in total. The van der Waals surface area contributed by atoms with Crippen LogP contribution in [0.2, 0.25) is 0 Å². The summed E-state index contributed by atoms with van der Waals surface area (Å²) in [5.74, 6) is -2.21. The third kappa shape index (κ3) is 11.8. The second kappa shape index (κ2) is 16.5. The van der Waals surface area contributed by atoms with Crippen molar-refractivity contribution in [1.82, 2.24) is 20.7 Å². The molecule has 1 aliphatic carbocycles. The van der Waals surface area contributed by atoms with E-state index >= 15 is 0 Å². The van der Waals surface area contributed by atoms with E-state index in [9.17, 15) is 34.5 Å². The number of hydrazone groups is 2. The Labute approximate surface area is 277 Å². The third-order valence-corrected chi connectivity index (χ3v) is 8.86. The van der Waals surface area contributed by atoms with Crippen molar-refractivity contribution in [3.05, 3.63) is 64.2 Å². The van der Waals surface area contributed by atoms with Gasteiger partial charge >= 0.3 is 17.9 Å². The maximum absolute atomic E-state index is 12.5. The normalized spacial score (nSPS) is 14.6. The van der Waals surface area contributed by atoms with E-state index in [1.54, 1.807) is 11.0 Å². The van der Waals surface area contributed by atoms with Crippen molar-refractivity contribution < 1.29 is 34.5 Å². The summed E-state index contributed by atoms with van der Waals surface area (Å²) in [6.07, 6.45) is 8.22. The highest BCUT2D eigenvalue weighted by Crippen LogP contribution is 2.46. The van der Waals surface area contributed by atoms with Gasteiger partial charge in [-0.05, 0) is 84.9 Å². The zero-order chi connectivity index (χ0) is 34.9. The first-order valence-electron chi connectivity index (χ1n) is 15.4. The maximum atomic E-state index is 12.5. The van der Waals surface area contributed by atoms with E-state index in [0.29, 0.717) is 23.8 Å². The summed E-state index contributed by atoms with van der Waals surface area (Å²) in [5, 5.41) is 36.9. The van der Waals surface area contributed by atoms with Gasteiger partial charge in [-0.15, -0.1) is 0 Å². The molecule has 1 aliphatic heterocycles. The monoisotopic (exact) mass is 670 g/mol. The third-order valence-electron chi connectivity index (χ3n) is 7.21. The molecule has 1 heterocycles. The van der Waals surface area contributed by atoms with E-state index in [1.807, 2.05) is 45.0 Å². The quantitative estimate of drug-likeness (QED) is 0.177. The van der Waals surface area contributed by atoms with Crippen LogP contribution in [0.25, 0.3) is 0 Å². The number of benzene rings is 2. The molecule has 0 radical (unpaired) electrons. The molecule has 256 valence electrons. The number of aliphatic carboxylic acids is 3. The second-order valence-electron chi connectivity index (χ2n) is 12.3.